The molecule has 1 atom stereocenters. The van der Waals surface area contributed by atoms with Crippen LogP contribution in [0.2, 0.25) is 0 Å². The monoisotopic (exact) mass is 289 g/mol. The predicted molar refractivity (Wildman–Crippen MR) is 78.8 cm³/mol. The van der Waals surface area contributed by atoms with Gasteiger partial charge in [0.05, 0.1) is 10.2 Å². The lowest BCUT2D eigenvalue weighted by molar-refractivity contribution is -0.146. The van der Waals surface area contributed by atoms with Gasteiger partial charge in [0, 0.05) is 13.5 Å². The van der Waals surface area contributed by atoms with E-state index in [4.69, 9.17) is 0 Å². The first-order valence-electron chi connectivity index (χ1n) is 6.49. The number of likely N-dealkylation sites (tertiary alicyclic amines) is 1. The summed E-state index contributed by atoms with van der Waals surface area (Å²) in [5, 5.41) is 3.88. The van der Waals surface area contributed by atoms with Crippen molar-refractivity contribution in [1.82, 2.24) is 9.88 Å². The Kier molecular flexibility index (Phi) is 3.17. The van der Waals surface area contributed by atoms with Crippen molar-refractivity contribution in [2.75, 3.05) is 12.4 Å². The summed E-state index contributed by atoms with van der Waals surface area (Å²) >= 11 is 1.53. The number of amides is 2. The van der Waals surface area contributed by atoms with E-state index in [1.165, 1.54) is 23.3 Å². The van der Waals surface area contributed by atoms with E-state index >= 15 is 0 Å². The molecular weight excluding hydrogens is 274 g/mol. The molecule has 3 rings (SSSR count). The van der Waals surface area contributed by atoms with E-state index in [1.807, 2.05) is 25.1 Å². The molecule has 0 aliphatic carbocycles. The first-order valence-corrected chi connectivity index (χ1v) is 7.30. The maximum atomic E-state index is 12.0. The van der Waals surface area contributed by atoms with Crippen molar-refractivity contribution in [3.8, 4) is 0 Å². The molecular formula is C14H15N3O2S. The smallest absolute Gasteiger partial charge is 0.251 e. The van der Waals surface area contributed by atoms with Crippen molar-refractivity contribution < 1.29 is 9.59 Å². The number of anilines is 1. The lowest BCUT2D eigenvalue weighted by Gasteiger charge is -2.27. The van der Waals surface area contributed by atoms with Crippen molar-refractivity contribution in [3.05, 3.63) is 23.8 Å². The summed E-state index contributed by atoms with van der Waals surface area (Å²) in [6, 6.07) is 5.74. The molecule has 2 heterocycles. The maximum absolute atomic E-state index is 12.0. The number of thiazole rings is 1. The molecule has 1 fully saturated rings. The van der Waals surface area contributed by atoms with Crippen LogP contribution in [-0.2, 0) is 9.59 Å². The Balaban J connectivity index is 1.82. The van der Waals surface area contributed by atoms with Crippen LogP contribution in [0.3, 0.4) is 0 Å². The Labute approximate surface area is 120 Å². The fraction of sp³-hybridized carbons (Fsp3) is 0.357. The number of benzene rings is 1. The van der Waals surface area contributed by atoms with Crippen LogP contribution < -0.4 is 5.32 Å². The molecule has 1 aliphatic rings. The Hall–Kier alpha value is -1.95. The van der Waals surface area contributed by atoms with E-state index in [9.17, 15) is 9.59 Å². The second-order valence-electron chi connectivity index (χ2n) is 5.02. The average molecular weight is 289 g/mol. The molecule has 1 aromatic carbocycles. The number of carbonyl (C=O) groups is 2. The third-order valence-electron chi connectivity index (χ3n) is 3.49. The largest absolute Gasteiger partial charge is 0.350 e. The highest BCUT2D eigenvalue weighted by Gasteiger charge is 2.32. The molecule has 104 valence electrons. The highest BCUT2D eigenvalue weighted by atomic mass is 32.1. The van der Waals surface area contributed by atoms with Crippen molar-refractivity contribution in [1.29, 1.82) is 0 Å². The molecule has 1 saturated heterocycles. The molecule has 6 heteroatoms. The van der Waals surface area contributed by atoms with E-state index in [-0.39, 0.29) is 17.9 Å². The van der Waals surface area contributed by atoms with Gasteiger partial charge in [0.2, 0.25) is 5.91 Å². The van der Waals surface area contributed by atoms with Crippen LogP contribution in [0.15, 0.2) is 18.2 Å². The van der Waals surface area contributed by atoms with Gasteiger partial charge >= 0.3 is 0 Å². The van der Waals surface area contributed by atoms with Gasteiger partial charge in [0.25, 0.3) is 5.91 Å². The summed E-state index contributed by atoms with van der Waals surface area (Å²) in [5.41, 5.74) is 2.10. The van der Waals surface area contributed by atoms with Gasteiger partial charge in [-0.2, -0.15) is 0 Å². The van der Waals surface area contributed by atoms with Gasteiger partial charge in [-0.25, -0.2) is 4.98 Å². The van der Waals surface area contributed by atoms with Crippen LogP contribution in [0.5, 0.6) is 0 Å². The van der Waals surface area contributed by atoms with E-state index in [0.717, 1.165) is 20.9 Å². The normalized spacial score (nSPS) is 19.7. The van der Waals surface area contributed by atoms with Crippen molar-refractivity contribution in [2.45, 2.75) is 25.8 Å². The number of fused-ring (bicyclic) bond motifs is 1. The SMILES string of the molecule is Cc1ccc2sc(NC3CCC(=O)N(C)C3=O)nc2c1. The number of nitrogens with one attached hydrogen (secondary N) is 1. The number of hydrogen-bond donors (Lipinski definition) is 1. The van der Waals surface area contributed by atoms with Crippen LogP contribution in [0, 0.1) is 6.92 Å². The van der Waals surface area contributed by atoms with Crippen LogP contribution >= 0.6 is 11.3 Å². The number of imide groups is 1. The summed E-state index contributed by atoms with van der Waals surface area (Å²) < 4.78 is 1.09. The van der Waals surface area contributed by atoms with Crippen LogP contribution in [0.4, 0.5) is 5.13 Å². The molecule has 0 bridgehead atoms. The zero-order valence-corrected chi connectivity index (χ0v) is 12.2. The summed E-state index contributed by atoms with van der Waals surface area (Å²) in [6.45, 7) is 2.02. The Morgan fingerprint density at radius 3 is 3.00 bits per heavy atom. The average Bonchev–Trinajstić information content (AvgIpc) is 2.81. The third-order valence-corrected chi connectivity index (χ3v) is 4.46. The van der Waals surface area contributed by atoms with Crippen LogP contribution in [0.1, 0.15) is 18.4 Å². The van der Waals surface area contributed by atoms with Crippen molar-refractivity contribution in [2.24, 2.45) is 0 Å². The quantitative estimate of drug-likeness (QED) is 0.861. The number of nitrogens with zero attached hydrogens (tertiary/aromatic N) is 2. The summed E-state index contributed by atoms with van der Waals surface area (Å²) in [7, 11) is 1.53. The minimum Gasteiger partial charge on any atom is -0.350 e. The van der Waals surface area contributed by atoms with Gasteiger partial charge < -0.3 is 5.32 Å². The molecule has 2 amide bonds. The van der Waals surface area contributed by atoms with Crippen molar-refractivity contribution in [3.63, 3.8) is 0 Å². The third kappa shape index (κ3) is 2.27. The van der Waals surface area contributed by atoms with E-state index in [2.05, 4.69) is 10.3 Å². The standard InChI is InChI=1S/C14H15N3O2S/c1-8-3-5-11-10(7-8)16-14(20-11)15-9-4-6-12(18)17(2)13(9)19/h3,5,7,9H,4,6H2,1-2H3,(H,15,16). The number of aryl methyl sites for hydroxylation is 1. The summed E-state index contributed by atoms with van der Waals surface area (Å²) in [4.78, 5) is 29.2. The minimum absolute atomic E-state index is 0.118. The Morgan fingerprint density at radius 1 is 1.40 bits per heavy atom. The number of carbonyl (C=O) groups excluding carboxylic acids is 2. The van der Waals surface area contributed by atoms with Gasteiger partial charge in [-0.05, 0) is 31.0 Å². The number of rotatable bonds is 2. The number of hydrogen-bond acceptors (Lipinski definition) is 5. The molecule has 20 heavy (non-hydrogen) atoms. The summed E-state index contributed by atoms with van der Waals surface area (Å²) in [6.07, 6.45) is 0.918. The summed E-state index contributed by atoms with van der Waals surface area (Å²) in [5.74, 6) is -0.301. The Bertz CT molecular complexity index is 695. The van der Waals surface area contributed by atoms with Gasteiger partial charge in [0.15, 0.2) is 5.13 Å². The number of likely N-dealkylation sites (N-methyl/N-ethyl adjacent to an activating group) is 1. The molecule has 5 nitrogen and oxygen atoms in total. The van der Waals surface area contributed by atoms with E-state index in [1.54, 1.807) is 0 Å². The highest BCUT2D eigenvalue weighted by Crippen LogP contribution is 2.28. The maximum Gasteiger partial charge on any atom is 0.251 e. The molecule has 0 saturated carbocycles. The van der Waals surface area contributed by atoms with E-state index < -0.39 is 0 Å². The fourth-order valence-corrected chi connectivity index (χ4v) is 3.20. The molecule has 1 unspecified atom stereocenters. The first-order chi connectivity index (χ1) is 9.54. The number of aromatic nitrogens is 1. The second kappa shape index (κ2) is 4.86. The zero-order valence-electron chi connectivity index (χ0n) is 11.3. The van der Waals surface area contributed by atoms with Gasteiger partial charge in [-0.3, -0.25) is 14.5 Å². The molecule has 1 aromatic heterocycles. The number of piperidine rings is 1. The topological polar surface area (TPSA) is 62.3 Å². The van der Waals surface area contributed by atoms with Gasteiger partial charge in [0.1, 0.15) is 6.04 Å². The molecule has 0 spiro atoms. The van der Waals surface area contributed by atoms with Gasteiger partial charge in [-0.15, -0.1) is 0 Å². The second-order valence-corrected chi connectivity index (χ2v) is 6.05. The molecule has 0 radical (unpaired) electrons. The van der Waals surface area contributed by atoms with Gasteiger partial charge in [-0.1, -0.05) is 17.4 Å². The lowest BCUT2D eigenvalue weighted by atomic mass is 10.1. The van der Waals surface area contributed by atoms with Crippen LogP contribution in [0.25, 0.3) is 10.2 Å². The van der Waals surface area contributed by atoms with Crippen LogP contribution in [-0.4, -0.2) is 34.8 Å². The first kappa shape index (κ1) is 13.1. The molecule has 2 aromatic rings. The minimum atomic E-state index is -0.362. The zero-order chi connectivity index (χ0) is 14.3. The molecule has 1 aliphatic heterocycles. The lowest BCUT2D eigenvalue weighted by Crippen LogP contribution is -2.48. The molecule has 1 N–H and O–H groups in total. The van der Waals surface area contributed by atoms with Crippen molar-refractivity contribution >= 4 is 38.5 Å². The Morgan fingerprint density at radius 2 is 2.20 bits per heavy atom. The van der Waals surface area contributed by atoms with E-state index in [0.29, 0.717) is 12.8 Å². The highest BCUT2D eigenvalue weighted by molar-refractivity contribution is 7.22. The predicted octanol–water partition coefficient (Wildman–Crippen LogP) is 2.16. The fourth-order valence-electron chi connectivity index (χ4n) is 2.30.